The van der Waals surface area contributed by atoms with Gasteiger partial charge in [0.05, 0.1) is 18.6 Å². The van der Waals surface area contributed by atoms with Gasteiger partial charge in [0.15, 0.2) is 0 Å². The maximum absolute atomic E-state index is 13.0. The molecule has 2 aliphatic rings. The summed E-state index contributed by atoms with van der Waals surface area (Å²) in [5.74, 6) is -0.0270. The highest BCUT2D eigenvalue weighted by molar-refractivity contribution is 7.98. The number of aryl methyl sites for hydroxylation is 1. The van der Waals surface area contributed by atoms with Crippen molar-refractivity contribution in [2.24, 2.45) is 0 Å². The van der Waals surface area contributed by atoms with Crippen LogP contribution in [0.2, 0.25) is 0 Å². The highest BCUT2D eigenvalue weighted by Gasteiger charge is 2.31. The van der Waals surface area contributed by atoms with Crippen molar-refractivity contribution in [2.45, 2.75) is 56.0 Å². The molecular weight excluding hydrogens is 448 g/mol. The number of carbonyl (C=O) groups is 3. The lowest BCUT2D eigenvalue weighted by Crippen LogP contribution is -2.44. The van der Waals surface area contributed by atoms with Gasteiger partial charge in [0.2, 0.25) is 11.8 Å². The Morgan fingerprint density at radius 1 is 1.18 bits per heavy atom. The van der Waals surface area contributed by atoms with E-state index in [0.717, 1.165) is 42.5 Å². The van der Waals surface area contributed by atoms with E-state index in [1.807, 2.05) is 48.4 Å². The SMILES string of the molecule is CSc1ccccc1C1CCCN1C(=O)CNC(=O)NC(C)c1ccc2c(c1)CCCC(=O)N2. The first-order valence-corrected chi connectivity index (χ1v) is 13.1. The van der Waals surface area contributed by atoms with Crippen LogP contribution in [0.3, 0.4) is 0 Å². The standard InChI is InChI=1S/C26H32N4O3S/c1-17(18-12-13-21-19(15-18)7-5-11-24(31)29-21)28-26(33)27-16-25(32)30-14-6-9-22(30)20-8-3-4-10-23(20)34-2/h3-4,8,10,12-13,15,17,22H,5-7,9,11,14,16H2,1-2H3,(H,29,31)(H2,27,28,33). The van der Waals surface area contributed by atoms with Crippen molar-refractivity contribution < 1.29 is 14.4 Å². The van der Waals surface area contributed by atoms with Crippen molar-refractivity contribution in [1.29, 1.82) is 0 Å². The lowest BCUT2D eigenvalue weighted by molar-refractivity contribution is -0.131. The molecule has 4 amide bonds. The maximum Gasteiger partial charge on any atom is 0.315 e. The fourth-order valence-electron chi connectivity index (χ4n) is 4.78. The highest BCUT2D eigenvalue weighted by Crippen LogP contribution is 2.36. The Labute approximate surface area is 205 Å². The molecule has 0 radical (unpaired) electrons. The number of carbonyl (C=O) groups excluding carboxylic acids is 3. The summed E-state index contributed by atoms with van der Waals surface area (Å²) in [7, 11) is 0. The minimum atomic E-state index is -0.371. The zero-order valence-electron chi connectivity index (χ0n) is 19.7. The Bertz CT molecular complexity index is 1070. The predicted octanol–water partition coefficient (Wildman–Crippen LogP) is 4.41. The van der Waals surface area contributed by atoms with Crippen LogP contribution < -0.4 is 16.0 Å². The predicted molar refractivity (Wildman–Crippen MR) is 135 cm³/mol. The number of amides is 4. The van der Waals surface area contributed by atoms with Crippen LogP contribution in [0.5, 0.6) is 0 Å². The molecule has 1 saturated heterocycles. The minimum absolute atomic E-state index is 0.0350. The van der Waals surface area contributed by atoms with Gasteiger partial charge in [-0.3, -0.25) is 9.59 Å². The van der Waals surface area contributed by atoms with Gasteiger partial charge in [-0.25, -0.2) is 4.79 Å². The lowest BCUT2D eigenvalue weighted by Gasteiger charge is -2.27. The van der Waals surface area contributed by atoms with Gasteiger partial charge in [0, 0.05) is 23.5 Å². The number of fused-ring (bicyclic) bond motifs is 1. The Morgan fingerprint density at radius 3 is 2.82 bits per heavy atom. The summed E-state index contributed by atoms with van der Waals surface area (Å²) in [6, 6.07) is 13.5. The van der Waals surface area contributed by atoms with Crippen molar-refractivity contribution in [2.75, 3.05) is 24.7 Å². The van der Waals surface area contributed by atoms with E-state index in [2.05, 4.69) is 28.1 Å². The largest absolute Gasteiger partial charge is 0.334 e. The molecule has 4 rings (SSSR count). The minimum Gasteiger partial charge on any atom is -0.334 e. The Balaban J connectivity index is 1.32. The van der Waals surface area contributed by atoms with Gasteiger partial charge in [-0.15, -0.1) is 11.8 Å². The number of hydrogen-bond acceptors (Lipinski definition) is 4. The van der Waals surface area contributed by atoms with Gasteiger partial charge in [-0.05, 0) is 67.7 Å². The van der Waals surface area contributed by atoms with Gasteiger partial charge in [-0.1, -0.05) is 30.3 Å². The topological polar surface area (TPSA) is 90.5 Å². The van der Waals surface area contributed by atoms with E-state index in [1.54, 1.807) is 11.8 Å². The van der Waals surface area contributed by atoms with E-state index < -0.39 is 0 Å². The van der Waals surface area contributed by atoms with Gasteiger partial charge < -0.3 is 20.9 Å². The van der Waals surface area contributed by atoms with Crippen molar-refractivity contribution in [3.8, 4) is 0 Å². The first kappa shape index (κ1) is 24.1. The zero-order chi connectivity index (χ0) is 24.1. The summed E-state index contributed by atoms with van der Waals surface area (Å²) < 4.78 is 0. The van der Waals surface area contributed by atoms with Crippen LogP contribution in [0.25, 0.3) is 0 Å². The number of rotatable bonds is 6. The summed E-state index contributed by atoms with van der Waals surface area (Å²) in [5, 5.41) is 8.59. The second-order valence-electron chi connectivity index (χ2n) is 8.85. The van der Waals surface area contributed by atoms with Crippen LogP contribution in [0.15, 0.2) is 47.4 Å². The van der Waals surface area contributed by atoms with Gasteiger partial charge >= 0.3 is 6.03 Å². The highest BCUT2D eigenvalue weighted by atomic mass is 32.2. The maximum atomic E-state index is 13.0. The smallest absolute Gasteiger partial charge is 0.315 e. The van der Waals surface area contributed by atoms with Crippen molar-refractivity contribution >= 4 is 35.3 Å². The number of anilines is 1. The van der Waals surface area contributed by atoms with Crippen molar-refractivity contribution in [1.82, 2.24) is 15.5 Å². The molecule has 0 spiro atoms. The molecule has 0 aromatic heterocycles. The molecule has 34 heavy (non-hydrogen) atoms. The van der Waals surface area contributed by atoms with Crippen LogP contribution in [-0.4, -0.2) is 42.1 Å². The van der Waals surface area contributed by atoms with E-state index >= 15 is 0 Å². The molecule has 1 fully saturated rings. The van der Waals surface area contributed by atoms with Crippen LogP contribution in [0, 0.1) is 0 Å². The number of likely N-dealkylation sites (tertiary alicyclic amines) is 1. The first-order chi connectivity index (χ1) is 16.5. The quantitative estimate of drug-likeness (QED) is 0.534. The first-order valence-electron chi connectivity index (χ1n) is 11.9. The summed E-state index contributed by atoms with van der Waals surface area (Å²) in [4.78, 5) is 40.3. The van der Waals surface area contributed by atoms with E-state index in [-0.39, 0.29) is 36.5 Å². The summed E-state index contributed by atoms with van der Waals surface area (Å²) >= 11 is 1.69. The zero-order valence-corrected chi connectivity index (χ0v) is 20.5. The monoisotopic (exact) mass is 480 g/mol. The van der Waals surface area contributed by atoms with Crippen molar-refractivity contribution in [3.05, 3.63) is 59.2 Å². The van der Waals surface area contributed by atoms with E-state index in [4.69, 9.17) is 0 Å². The molecule has 2 aromatic carbocycles. The molecule has 180 valence electrons. The van der Waals surface area contributed by atoms with E-state index in [1.165, 1.54) is 10.5 Å². The molecular formula is C26H32N4O3S. The lowest BCUT2D eigenvalue weighted by atomic mass is 10.0. The van der Waals surface area contributed by atoms with Crippen LogP contribution in [0.4, 0.5) is 10.5 Å². The fourth-order valence-corrected chi connectivity index (χ4v) is 5.44. The molecule has 2 unspecified atom stereocenters. The van der Waals surface area contributed by atoms with Crippen LogP contribution in [-0.2, 0) is 16.0 Å². The molecule has 2 aliphatic heterocycles. The fraction of sp³-hybridized carbons (Fsp3) is 0.423. The average Bonchev–Trinajstić information content (AvgIpc) is 3.25. The number of nitrogens with zero attached hydrogens (tertiary/aromatic N) is 1. The summed E-state index contributed by atoms with van der Waals surface area (Å²) in [6.45, 7) is 2.58. The van der Waals surface area contributed by atoms with Crippen LogP contribution in [0.1, 0.15) is 61.4 Å². The molecule has 2 atom stereocenters. The molecule has 0 aliphatic carbocycles. The Kier molecular flexibility index (Phi) is 7.77. The van der Waals surface area contributed by atoms with Crippen LogP contribution >= 0.6 is 11.8 Å². The summed E-state index contributed by atoms with van der Waals surface area (Å²) in [6.07, 6.45) is 6.10. The van der Waals surface area contributed by atoms with Gasteiger partial charge in [-0.2, -0.15) is 0 Å². The number of thioether (sulfide) groups is 1. The Hall–Kier alpha value is -3.00. The molecule has 7 nitrogen and oxygen atoms in total. The third-order valence-corrected chi connectivity index (χ3v) is 7.38. The third kappa shape index (κ3) is 5.55. The average molecular weight is 481 g/mol. The number of benzene rings is 2. The molecule has 3 N–H and O–H groups in total. The second-order valence-corrected chi connectivity index (χ2v) is 9.70. The molecule has 0 saturated carbocycles. The third-order valence-electron chi connectivity index (χ3n) is 6.57. The second kappa shape index (κ2) is 11.0. The number of urea groups is 1. The normalized spacial score (nSPS) is 18.5. The molecule has 2 heterocycles. The molecule has 2 aromatic rings. The Morgan fingerprint density at radius 2 is 2.00 bits per heavy atom. The molecule has 0 bridgehead atoms. The van der Waals surface area contributed by atoms with E-state index in [9.17, 15) is 14.4 Å². The van der Waals surface area contributed by atoms with E-state index in [0.29, 0.717) is 13.0 Å². The summed E-state index contributed by atoms with van der Waals surface area (Å²) in [5.41, 5.74) is 4.07. The number of hydrogen-bond donors (Lipinski definition) is 3. The molecule has 8 heteroatoms. The van der Waals surface area contributed by atoms with Gasteiger partial charge in [0.25, 0.3) is 0 Å². The van der Waals surface area contributed by atoms with Gasteiger partial charge in [0.1, 0.15) is 0 Å². The van der Waals surface area contributed by atoms with Crippen molar-refractivity contribution in [3.63, 3.8) is 0 Å². The number of nitrogens with one attached hydrogen (secondary N) is 3.